The summed E-state index contributed by atoms with van der Waals surface area (Å²) < 4.78 is 46.9. The van der Waals surface area contributed by atoms with Crippen LogP contribution in [0.25, 0.3) is 11.3 Å². The molecule has 2 aliphatic carbocycles. The van der Waals surface area contributed by atoms with Crippen molar-refractivity contribution in [3.8, 4) is 23.1 Å². The van der Waals surface area contributed by atoms with Gasteiger partial charge in [0.05, 0.1) is 25.3 Å². The number of carbonyl (C=O) groups is 1. The molecule has 7 nitrogen and oxygen atoms in total. The van der Waals surface area contributed by atoms with Crippen LogP contribution in [0.5, 0.6) is 5.75 Å². The van der Waals surface area contributed by atoms with Crippen molar-refractivity contribution in [2.45, 2.75) is 37.8 Å². The molecule has 1 fully saturated rings. The number of alkyl halides is 2. The summed E-state index contributed by atoms with van der Waals surface area (Å²) in [4.78, 5) is 12.8. The summed E-state index contributed by atoms with van der Waals surface area (Å²) in [6, 6.07) is 11.0. The number of anilines is 1. The smallest absolute Gasteiger partial charge is 0.255 e. The highest BCUT2D eigenvalue weighted by Gasteiger charge is 2.57. The highest BCUT2D eigenvalue weighted by atomic mass is 19.3. The number of amides is 1. The van der Waals surface area contributed by atoms with E-state index in [0.717, 1.165) is 17.2 Å². The molecule has 2 aromatic carbocycles. The number of nitrogens with zero attached hydrogens (tertiary/aromatic N) is 3. The van der Waals surface area contributed by atoms with Crippen molar-refractivity contribution < 1.29 is 22.7 Å². The van der Waals surface area contributed by atoms with Gasteiger partial charge < -0.3 is 15.8 Å². The van der Waals surface area contributed by atoms with Gasteiger partial charge in [0.25, 0.3) is 11.8 Å². The molecule has 0 aliphatic heterocycles. The standard InChI is InChI=1S/C25H22F3N5O2/c1-35-21-7-4-16(26)9-18(21)24(34)31-20-6-3-13-8-14(2-5-17(13)20)22-19(11-29)23(30)33(32-22)12-15-10-25(15,27)28/h2,4-5,7-9,15,20H,3,6,10,12,30H2,1H3,(H,31,34). The van der Waals surface area contributed by atoms with Crippen LogP contribution in [0.3, 0.4) is 0 Å². The lowest BCUT2D eigenvalue weighted by Gasteiger charge is -2.16. The molecule has 1 saturated carbocycles. The molecular formula is C25H22F3N5O2. The number of carbonyl (C=O) groups excluding carboxylic acids is 1. The molecule has 0 radical (unpaired) electrons. The van der Waals surface area contributed by atoms with Crippen LogP contribution in [0.4, 0.5) is 19.0 Å². The second kappa shape index (κ2) is 8.34. The van der Waals surface area contributed by atoms with E-state index in [0.29, 0.717) is 24.1 Å². The summed E-state index contributed by atoms with van der Waals surface area (Å²) >= 11 is 0. The molecule has 0 saturated heterocycles. The van der Waals surface area contributed by atoms with Crippen molar-refractivity contribution in [3.63, 3.8) is 0 Å². The van der Waals surface area contributed by atoms with E-state index in [1.165, 1.54) is 23.9 Å². The Bertz CT molecular complexity index is 1380. The summed E-state index contributed by atoms with van der Waals surface area (Å²) in [6.45, 7) is -0.0455. The number of ether oxygens (including phenoxy) is 1. The van der Waals surface area contributed by atoms with Crippen molar-refractivity contribution in [3.05, 3.63) is 64.5 Å². The van der Waals surface area contributed by atoms with Gasteiger partial charge in [-0.15, -0.1) is 0 Å². The van der Waals surface area contributed by atoms with Crippen LogP contribution >= 0.6 is 0 Å². The Morgan fingerprint density at radius 2 is 2.11 bits per heavy atom. The predicted molar refractivity (Wildman–Crippen MR) is 121 cm³/mol. The lowest BCUT2D eigenvalue weighted by Crippen LogP contribution is -2.27. The number of nitrogen functional groups attached to an aromatic ring is 1. The van der Waals surface area contributed by atoms with E-state index in [1.807, 2.05) is 18.2 Å². The molecule has 180 valence electrons. The number of hydrogen-bond acceptors (Lipinski definition) is 5. The van der Waals surface area contributed by atoms with E-state index in [-0.39, 0.29) is 41.7 Å². The second-order valence-electron chi connectivity index (χ2n) is 8.89. The Hall–Kier alpha value is -4.00. The number of hydrogen-bond donors (Lipinski definition) is 2. The van der Waals surface area contributed by atoms with Gasteiger partial charge in [-0.25, -0.2) is 17.9 Å². The van der Waals surface area contributed by atoms with Crippen molar-refractivity contribution >= 4 is 11.7 Å². The normalized spacial score (nSPS) is 19.6. The fraction of sp³-hybridized carbons (Fsp3) is 0.320. The van der Waals surface area contributed by atoms with Crippen LogP contribution in [-0.4, -0.2) is 28.7 Å². The third kappa shape index (κ3) is 4.07. The summed E-state index contributed by atoms with van der Waals surface area (Å²) in [5.74, 6) is -4.18. The van der Waals surface area contributed by atoms with Gasteiger partial charge >= 0.3 is 0 Å². The highest BCUT2D eigenvalue weighted by molar-refractivity contribution is 5.97. The average molecular weight is 481 g/mol. The van der Waals surface area contributed by atoms with E-state index in [4.69, 9.17) is 10.5 Å². The molecule has 3 aromatic rings. The number of fused-ring (bicyclic) bond motifs is 1. The van der Waals surface area contributed by atoms with Gasteiger partial charge in [-0.05, 0) is 48.2 Å². The first-order valence-electron chi connectivity index (χ1n) is 11.1. The second-order valence-corrected chi connectivity index (χ2v) is 8.89. The number of rotatable bonds is 6. The number of benzene rings is 2. The Balaban J connectivity index is 1.39. The first-order chi connectivity index (χ1) is 16.7. The van der Waals surface area contributed by atoms with E-state index in [2.05, 4.69) is 10.4 Å². The van der Waals surface area contributed by atoms with E-state index >= 15 is 0 Å². The first-order valence-corrected chi connectivity index (χ1v) is 11.1. The average Bonchev–Trinajstić information content (AvgIpc) is 3.13. The van der Waals surface area contributed by atoms with E-state index in [1.54, 1.807) is 6.07 Å². The zero-order chi connectivity index (χ0) is 24.9. The third-order valence-corrected chi connectivity index (χ3v) is 6.66. The Kier molecular flexibility index (Phi) is 5.43. The quantitative estimate of drug-likeness (QED) is 0.548. The number of nitrogens with one attached hydrogen (secondary N) is 1. The molecule has 5 rings (SSSR count). The third-order valence-electron chi connectivity index (χ3n) is 6.66. The Labute approximate surface area is 199 Å². The Morgan fingerprint density at radius 1 is 1.34 bits per heavy atom. The van der Waals surface area contributed by atoms with Gasteiger partial charge in [0.2, 0.25) is 0 Å². The molecule has 2 unspecified atom stereocenters. The minimum atomic E-state index is -2.71. The maximum atomic E-state index is 13.7. The molecular weight excluding hydrogens is 459 g/mol. The number of methoxy groups -OCH3 is 1. The first kappa shape index (κ1) is 22.8. The molecule has 2 atom stereocenters. The van der Waals surface area contributed by atoms with Crippen molar-refractivity contribution in [1.82, 2.24) is 15.1 Å². The largest absolute Gasteiger partial charge is 0.496 e. The number of nitriles is 1. The lowest BCUT2D eigenvalue weighted by atomic mass is 10.0. The summed E-state index contributed by atoms with van der Waals surface area (Å²) in [5, 5.41) is 16.9. The topological polar surface area (TPSA) is 106 Å². The minimum Gasteiger partial charge on any atom is -0.496 e. The van der Waals surface area contributed by atoms with Gasteiger partial charge in [0.15, 0.2) is 0 Å². The molecule has 0 spiro atoms. The van der Waals surface area contributed by atoms with Gasteiger partial charge in [-0.2, -0.15) is 10.4 Å². The highest BCUT2D eigenvalue weighted by Crippen LogP contribution is 2.50. The van der Waals surface area contributed by atoms with Crippen LogP contribution < -0.4 is 15.8 Å². The molecule has 3 N–H and O–H groups in total. The SMILES string of the molecule is COc1ccc(F)cc1C(=O)NC1CCc2cc(-c3nn(CC4CC4(F)F)c(N)c3C#N)ccc21. The number of aryl methyl sites for hydroxylation is 1. The number of nitrogens with two attached hydrogens (primary N) is 1. The van der Waals surface area contributed by atoms with Gasteiger partial charge in [-0.1, -0.05) is 12.1 Å². The van der Waals surface area contributed by atoms with Crippen molar-refractivity contribution in [1.29, 1.82) is 5.26 Å². The van der Waals surface area contributed by atoms with E-state index in [9.17, 15) is 23.2 Å². The summed E-state index contributed by atoms with van der Waals surface area (Å²) in [5.41, 5.74) is 9.16. The molecule has 2 aliphatic rings. The summed E-state index contributed by atoms with van der Waals surface area (Å²) in [6.07, 6.45) is 1.10. The zero-order valence-electron chi connectivity index (χ0n) is 18.8. The molecule has 10 heteroatoms. The summed E-state index contributed by atoms with van der Waals surface area (Å²) in [7, 11) is 1.41. The van der Waals surface area contributed by atoms with Gasteiger partial charge in [0, 0.05) is 17.9 Å². The predicted octanol–water partition coefficient (Wildman–Crippen LogP) is 4.22. The zero-order valence-corrected chi connectivity index (χ0v) is 18.8. The molecule has 1 amide bonds. The van der Waals surface area contributed by atoms with Crippen LogP contribution in [-0.2, 0) is 13.0 Å². The van der Waals surface area contributed by atoms with Crippen LogP contribution in [0.1, 0.15) is 45.9 Å². The number of aromatic nitrogens is 2. The van der Waals surface area contributed by atoms with Crippen molar-refractivity contribution in [2.75, 3.05) is 12.8 Å². The van der Waals surface area contributed by atoms with Crippen LogP contribution in [0, 0.1) is 23.1 Å². The molecule has 0 bridgehead atoms. The Morgan fingerprint density at radius 3 is 2.80 bits per heavy atom. The molecule has 35 heavy (non-hydrogen) atoms. The van der Waals surface area contributed by atoms with Crippen molar-refractivity contribution in [2.24, 2.45) is 5.92 Å². The van der Waals surface area contributed by atoms with Crippen LogP contribution in [0.15, 0.2) is 36.4 Å². The number of halogens is 3. The van der Waals surface area contributed by atoms with Gasteiger partial charge in [0.1, 0.15) is 34.7 Å². The van der Waals surface area contributed by atoms with Gasteiger partial charge in [-0.3, -0.25) is 4.79 Å². The maximum absolute atomic E-state index is 13.7. The fourth-order valence-corrected chi connectivity index (χ4v) is 4.61. The van der Waals surface area contributed by atoms with Crippen LogP contribution in [0.2, 0.25) is 0 Å². The fourth-order valence-electron chi connectivity index (χ4n) is 4.61. The lowest BCUT2D eigenvalue weighted by molar-refractivity contribution is 0.0929. The monoisotopic (exact) mass is 481 g/mol. The minimum absolute atomic E-state index is 0.0455. The van der Waals surface area contributed by atoms with E-state index < -0.39 is 23.6 Å². The maximum Gasteiger partial charge on any atom is 0.255 e. The molecule has 1 heterocycles. The molecule has 1 aromatic heterocycles.